The molecule has 15 aromatic carbocycles. The van der Waals surface area contributed by atoms with E-state index >= 15 is 0 Å². The van der Waals surface area contributed by atoms with Gasteiger partial charge in [0.2, 0.25) is 0 Å². The van der Waals surface area contributed by atoms with Crippen LogP contribution in [0.3, 0.4) is 0 Å². The number of fused-ring (bicyclic) bond motifs is 6. The first kappa shape index (κ1) is 50.8. The molecule has 0 aromatic heterocycles. The second-order valence-corrected chi connectivity index (χ2v) is 24.7. The molecule has 2 aliphatic rings. The van der Waals surface area contributed by atoms with Gasteiger partial charge in [-0.05, 0) is 151 Å². The lowest BCUT2D eigenvalue weighted by Crippen LogP contribution is -2.61. The first-order valence-corrected chi connectivity index (χ1v) is 30.5. The number of rotatable bonds is 8. The van der Waals surface area contributed by atoms with Crippen molar-refractivity contribution in [3.8, 4) is 66.8 Å². The number of para-hydroxylation sites is 2. The van der Waals surface area contributed by atoms with Crippen molar-refractivity contribution in [3.63, 3.8) is 0 Å². The van der Waals surface area contributed by atoms with E-state index in [2.05, 4.69) is 334 Å². The Morgan fingerprint density at radius 3 is 1.17 bits per heavy atom. The first-order valence-electron chi connectivity index (χ1n) is 30.5. The van der Waals surface area contributed by atoms with Crippen LogP contribution in [0.4, 0.5) is 34.1 Å². The number of benzene rings is 15. The lowest BCUT2D eigenvalue weighted by Gasteiger charge is -2.46. The zero-order chi connectivity index (χ0) is 57.9. The molecule has 0 amide bonds. The highest BCUT2D eigenvalue weighted by molar-refractivity contribution is 7.00. The highest BCUT2D eigenvalue weighted by Crippen LogP contribution is 2.54. The van der Waals surface area contributed by atoms with Crippen molar-refractivity contribution in [2.45, 2.75) is 26.2 Å². The van der Waals surface area contributed by atoms with E-state index in [-0.39, 0.29) is 12.1 Å². The molecule has 0 fully saturated rings. The van der Waals surface area contributed by atoms with Crippen molar-refractivity contribution in [1.29, 1.82) is 0 Å². The molecule has 0 unspecified atom stereocenters. The van der Waals surface area contributed by atoms with E-state index in [0.29, 0.717) is 0 Å². The smallest absolute Gasteiger partial charge is 0.252 e. The number of hydrogen-bond acceptors (Lipinski definition) is 2. The predicted molar refractivity (Wildman–Crippen MR) is 373 cm³/mol. The van der Waals surface area contributed by atoms with Gasteiger partial charge in [0, 0.05) is 45.0 Å². The Labute approximate surface area is 508 Å². The highest BCUT2D eigenvalue weighted by atomic mass is 15.2. The first-order chi connectivity index (χ1) is 42.8. The number of nitrogens with zero attached hydrogens (tertiary/aromatic N) is 2. The van der Waals surface area contributed by atoms with Crippen molar-refractivity contribution in [3.05, 3.63) is 309 Å². The molecule has 0 atom stereocenters. The molecule has 2 aliphatic heterocycles. The Morgan fingerprint density at radius 2 is 0.678 bits per heavy atom. The molecule has 87 heavy (non-hydrogen) atoms. The van der Waals surface area contributed by atoms with Gasteiger partial charge in [-0.3, -0.25) is 0 Å². The summed E-state index contributed by atoms with van der Waals surface area (Å²) < 4.78 is 0. The van der Waals surface area contributed by atoms with E-state index in [9.17, 15) is 0 Å². The van der Waals surface area contributed by atoms with Crippen molar-refractivity contribution in [1.82, 2.24) is 0 Å². The molecule has 408 valence electrons. The number of hydrogen-bond donors (Lipinski definition) is 0. The van der Waals surface area contributed by atoms with Gasteiger partial charge in [0.15, 0.2) is 0 Å². The fourth-order valence-corrected chi connectivity index (χ4v) is 14.7. The third-order valence-electron chi connectivity index (χ3n) is 18.7. The normalized spacial score (nSPS) is 12.7. The molecular formula is C84H59BN2. The van der Waals surface area contributed by atoms with E-state index in [1.807, 2.05) is 0 Å². The molecule has 0 bridgehead atoms. The van der Waals surface area contributed by atoms with Crippen LogP contribution in [0.2, 0.25) is 0 Å². The maximum Gasteiger partial charge on any atom is 0.252 e. The van der Waals surface area contributed by atoms with Crippen LogP contribution in [0.1, 0.15) is 26.3 Å². The van der Waals surface area contributed by atoms with Crippen LogP contribution in [0, 0.1) is 0 Å². The Morgan fingerprint density at radius 1 is 0.264 bits per heavy atom. The second-order valence-electron chi connectivity index (χ2n) is 24.7. The zero-order valence-corrected chi connectivity index (χ0v) is 48.8. The average molecular weight is 1110 g/mol. The van der Waals surface area contributed by atoms with Gasteiger partial charge < -0.3 is 9.80 Å². The average Bonchev–Trinajstić information content (AvgIpc) is 0.713. The van der Waals surface area contributed by atoms with Gasteiger partial charge in [0.05, 0.1) is 11.4 Å². The van der Waals surface area contributed by atoms with Crippen molar-refractivity contribution in [2.24, 2.45) is 0 Å². The standard InChI is InChI=1S/C84H59BN2/c1-84(2,3)64-52-77-81-78(53-64)87(83-67(57-30-15-7-16-31-57)39-23-40-68(83)58-32-17-8-18-33-58)76-51-61(63-48-62-36-21-42-70-69-41-19-34-59-35-20-43-71(79(59)69)72(49-63)80(62)70)44-46-73(76)85(81)74-50-60(54-24-9-4-10-25-54)45-47-75(74)86(77)82-65(55-26-11-5-12-27-55)37-22-38-66(82)56-28-13-6-14-29-56/h4-53H,1-3H3. The predicted octanol–water partition coefficient (Wildman–Crippen LogP) is 21.1. The van der Waals surface area contributed by atoms with Crippen LogP contribution in [0.5, 0.6) is 0 Å². The summed E-state index contributed by atoms with van der Waals surface area (Å²) in [5, 5.41) is 10.3. The minimum atomic E-state index is -0.257. The molecule has 2 heterocycles. The Bertz CT molecular complexity index is 5070. The summed E-state index contributed by atoms with van der Waals surface area (Å²) in [5.74, 6) is 0. The Kier molecular flexibility index (Phi) is 11.6. The van der Waals surface area contributed by atoms with Gasteiger partial charge in [0.1, 0.15) is 0 Å². The van der Waals surface area contributed by atoms with E-state index < -0.39 is 0 Å². The molecule has 0 saturated heterocycles. The summed E-state index contributed by atoms with van der Waals surface area (Å²) >= 11 is 0. The summed E-state index contributed by atoms with van der Waals surface area (Å²) in [7, 11) is 0. The third kappa shape index (κ3) is 8.10. The van der Waals surface area contributed by atoms with Gasteiger partial charge in [-0.15, -0.1) is 0 Å². The van der Waals surface area contributed by atoms with Gasteiger partial charge in [-0.2, -0.15) is 0 Å². The van der Waals surface area contributed by atoms with Crippen LogP contribution in [-0.4, -0.2) is 6.71 Å². The van der Waals surface area contributed by atoms with Gasteiger partial charge in [0.25, 0.3) is 6.71 Å². The largest absolute Gasteiger partial charge is 0.310 e. The summed E-state index contributed by atoms with van der Waals surface area (Å²) in [5.41, 5.74) is 25.8. The Hall–Kier alpha value is -10.7. The van der Waals surface area contributed by atoms with E-state index in [4.69, 9.17) is 0 Å². The van der Waals surface area contributed by atoms with Crippen molar-refractivity contribution in [2.75, 3.05) is 9.80 Å². The molecular weight excluding hydrogens is 1050 g/mol. The molecule has 0 radical (unpaired) electrons. The second kappa shape index (κ2) is 19.9. The van der Waals surface area contributed by atoms with E-state index in [1.54, 1.807) is 0 Å². The minimum Gasteiger partial charge on any atom is -0.310 e. The fourth-order valence-electron chi connectivity index (χ4n) is 14.7. The van der Waals surface area contributed by atoms with Crippen LogP contribution in [0.25, 0.3) is 110 Å². The molecule has 15 aromatic rings. The van der Waals surface area contributed by atoms with E-state index in [0.717, 1.165) is 39.3 Å². The fraction of sp³-hybridized carbons (Fsp3) is 0.0476. The van der Waals surface area contributed by atoms with Crippen molar-refractivity contribution < 1.29 is 0 Å². The van der Waals surface area contributed by atoms with Gasteiger partial charge in [-0.25, -0.2) is 0 Å². The highest BCUT2D eigenvalue weighted by Gasteiger charge is 2.46. The summed E-state index contributed by atoms with van der Waals surface area (Å²) in [6.45, 7) is 6.97. The minimum absolute atomic E-state index is 0.165. The molecule has 2 nitrogen and oxygen atoms in total. The lowest BCUT2D eigenvalue weighted by molar-refractivity contribution is 0.590. The van der Waals surface area contributed by atoms with E-state index in [1.165, 1.54) is 127 Å². The summed E-state index contributed by atoms with van der Waals surface area (Å²) in [6.07, 6.45) is 0. The number of anilines is 6. The molecule has 0 spiro atoms. The Balaban J connectivity index is 1.02. The monoisotopic (exact) mass is 1110 g/mol. The quantitative estimate of drug-likeness (QED) is 0.0850. The topological polar surface area (TPSA) is 6.48 Å². The maximum atomic E-state index is 2.69. The van der Waals surface area contributed by atoms with Crippen LogP contribution >= 0.6 is 0 Å². The molecule has 0 aliphatic carbocycles. The summed E-state index contributed by atoms with van der Waals surface area (Å²) in [4.78, 5) is 5.35. The molecule has 0 saturated carbocycles. The lowest BCUT2D eigenvalue weighted by atomic mass is 9.33. The molecule has 0 N–H and O–H groups in total. The summed E-state index contributed by atoms with van der Waals surface area (Å²) in [6, 6.07) is 114. The van der Waals surface area contributed by atoms with Crippen LogP contribution < -0.4 is 26.2 Å². The van der Waals surface area contributed by atoms with Gasteiger partial charge >= 0.3 is 0 Å². The van der Waals surface area contributed by atoms with Crippen LogP contribution in [0.15, 0.2) is 303 Å². The maximum absolute atomic E-state index is 2.69. The molecule has 3 heteroatoms. The molecule has 17 rings (SSSR count). The van der Waals surface area contributed by atoms with Crippen LogP contribution in [-0.2, 0) is 5.41 Å². The van der Waals surface area contributed by atoms with Gasteiger partial charge in [-0.1, -0.05) is 288 Å². The van der Waals surface area contributed by atoms with Crippen molar-refractivity contribution >= 4 is 100 Å². The SMILES string of the molecule is CC(C)(C)c1cc2c3c(c1)N(c1c(-c4ccccc4)cccc1-c1ccccc1)c1cc(-c4cc5cccc6c7cccc8cccc(c(c4)c56)c87)ccc1B3c1cc(-c3ccccc3)ccc1N2c1c(-c2ccccc2)cccc1-c1ccccc1. The third-order valence-corrected chi connectivity index (χ3v) is 18.7. The zero-order valence-electron chi connectivity index (χ0n) is 48.8.